The van der Waals surface area contributed by atoms with E-state index in [9.17, 15) is 0 Å². The molecule has 3 aromatic rings. The second-order valence-corrected chi connectivity index (χ2v) is 2.47. The summed E-state index contributed by atoms with van der Waals surface area (Å²) in [5, 5.41) is 19.6. The molecular weight excluding hydrogens is 239 g/mol. The van der Waals surface area contributed by atoms with Crippen LogP contribution in [0.1, 0.15) is 0 Å². The molecule has 0 bridgehead atoms. The summed E-state index contributed by atoms with van der Waals surface area (Å²) in [5.74, 6) is 0. The van der Waals surface area contributed by atoms with Crippen molar-refractivity contribution in [3.8, 4) is 0 Å². The fourth-order valence-electron chi connectivity index (χ4n) is 0.953. The average Bonchev–Trinajstić information content (AvgIpc) is 2.92. The van der Waals surface area contributed by atoms with E-state index >= 15 is 0 Å². The molecule has 6 nitrogen and oxygen atoms in total. The molecule has 0 aliphatic carbocycles. The number of aromatic amines is 2. The first kappa shape index (κ1) is 15.0. The van der Waals surface area contributed by atoms with Gasteiger partial charge in [-0.2, -0.15) is 30.8 Å². The Hall–Kier alpha value is -0.950. The molecule has 0 unspecified atom stereocenters. The molecule has 78 valence electrons. The van der Waals surface area contributed by atoms with E-state index in [2.05, 4.69) is 30.8 Å². The molecule has 2 aromatic heterocycles. The molecule has 3 rings (SSSR count). The Kier molecular flexibility index (Phi) is 7.74. The van der Waals surface area contributed by atoms with Crippen LogP contribution in [0.3, 0.4) is 0 Å². The van der Waals surface area contributed by atoms with Crippen LogP contribution in [-0.4, -0.2) is 30.8 Å². The Bertz CT molecular complexity index is 435. The smallest absolute Gasteiger partial charge is 1.00 e. The predicted molar refractivity (Wildman–Crippen MR) is 50.3 cm³/mol. The first-order chi connectivity index (χ1) is 6.97. The summed E-state index contributed by atoms with van der Waals surface area (Å²) in [6.07, 6.45) is 3.17. The number of rotatable bonds is 0. The summed E-state index contributed by atoms with van der Waals surface area (Å²) in [7, 11) is 0. The number of nitrogens with one attached hydrogen (secondary N) is 2. The van der Waals surface area contributed by atoms with Crippen LogP contribution in [0, 0.1) is 0 Å². The Balaban J connectivity index is 0.000000282. The topological polar surface area (TPSA) is 83.1 Å². The first-order valence-corrected chi connectivity index (χ1v) is 4.02. The van der Waals surface area contributed by atoms with E-state index in [-0.39, 0.29) is 42.0 Å². The van der Waals surface area contributed by atoms with Gasteiger partial charge in [0, 0.05) is 0 Å². The molecular formula is C8H8ClN6Na. The van der Waals surface area contributed by atoms with Crippen LogP contribution in [-0.2, 0) is 0 Å². The van der Waals surface area contributed by atoms with E-state index in [0.29, 0.717) is 0 Å². The van der Waals surface area contributed by atoms with Gasteiger partial charge in [0.25, 0.3) is 0 Å². The van der Waals surface area contributed by atoms with Gasteiger partial charge >= 0.3 is 29.6 Å². The zero-order valence-electron chi connectivity index (χ0n) is 8.63. The van der Waals surface area contributed by atoms with E-state index in [0.717, 1.165) is 11.0 Å². The summed E-state index contributed by atoms with van der Waals surface area (Å²) >= 11 is 0. The minimum Gasteiger partial charge on any atom is -1.00 e. The Morgan fingerprint density at radius 1 is 0.812 bits per heavy atom. The maximum atomic E-state index is 3.88. The molecule has 2 N–H and O–H groups in total. The summed E-state index contributed by atoms with van der Waals surface area (Å²) in [4.78, 5) is 0. The van der Waals surface area contributed by atoms with Gasteiger partial charge in [0.1, 0.15) is 11.0 Å². The monoisotopic (exact) mass is 246 g/mol. The van der Waals surface area contributed by atoms with Gasteiger partial charge in [-0.25, -0.2) is 0 Å². The molecule has 0 aliphatic rings. The van der Waals surface area contributed by atoms with E-state index in [4.69, 9.17) is 0 Å². The molecule has 0 fully saturated rings. The summed E-state index contributed by atoms with van der Waals surface area (Å²) in [6.45, 7) is 0. The zero-order valence-corrected chi connectivity index (χ0v) is 11.4. The molecule has 16 heavy (non-hydrogen) atoms. The van der Waals surface area contributed by atoms with Crippen molar-refractivity contribution >= 4 is 11.0 Å². The molecule has 8 heteroatoms. The van der Waals surface area contributed by atoms with Crippen LogP contribution in [0.4, 0.5) is 0 Å². The van der Waals surface area contributed by atoms with Crippen LogP contribution in [0.2, 0.25) is 0 Å². The summed E-state index contributed by atoms with van der Waals surface area (Å²) in [6, 6.07) is 7.70. The van der Waals surface area contributed by atoms with Crippen LogP contribution < -0.4 is 42.0 Å². The molecule has 1 aromatic carbocycles. The maximum Gasteiger partial charge on any atom is 1.00 e. The third kappa shape index (κ3) is 4.28. The number of hydrogen-bond donors (Lipinski definition) is 2. The fraction of sp³-hybridized carbons (Fsp3) is 0. The number of H-pyrrole nitrogens is 2. The van der Waals surface area contributed by atoms with Crippen LogP contribution in [0.15, 0.2) is 36.7 Å². The van der Waals surface area contributed by atoms with Crippen LogP contribution in [0.5, 0.6) is 0 Å². The number of halogens is 1. The second kappa shape index (κ2) is 8.23. The van der Waals surface area contributed by atoms with Gasteiger partial charge in [0.05, 0.1) is 12.4 Å². The van der Waals surface area contributed by atoms with Gasteiger partial charge in [0.15, 0.2) is 0 Å². The number of nitrogens with zero attached hydrogens (tertiary/aromatic N) is 4. The molecule has 0 aliphatic heterocycles. The Morgan fingerprint density at radius 2 is 1.31 bits per heavy atom. The molecule has 0 amide bonds. The van der Waals surface area contributed by atoms with Crippen molar-refractivity contribution in [1.82, 2.24) is 30.8 Å². The van der Waals surface area contributed by atoms with Gasteiger partial charge in [0.2, 0.25) is 0 Å². The zero-order chi connectivity index (χ0) is 9.64. The third-order valence-electron chi connectivity index (χ3n) is 1.55. The molecule has 0 atom stereocenters. The van der Waals surface area contributed by atoms with Crippen LogP contribution >= 0.6 is 0 Å². The van der Waals surface area contributed by atoms with Crippen molar-refractivity contribution in [1.29, 1.82) is 0 Å². The Morgan fingerprint density at radius 3 is 1.69 bits per heavy atom. The minimum absolute atomic E-state index is 0. The number of aromatic nitrogens is 6. The third-order valence-corrected chi connectivity index (χ3v) is 1.55. The summed E-state index contributed by atoms with van der Waals surface area (Å²) < 4.78 is 0. The number of hydrogen-bond acceptors (Lipinski definition) is 4. The molecule has 2 heterocycles. The van der Waals surface area contributed by atoms with E-state index in [1.165, 1.54) is 0 Å². The number of fused-ring (bicyclic) bond motifs is 1. The van der Waals surface area contributed by atoms with Gasteiger partial charge in [-0.05, 0) is 12.1 Å². The van der Waals surface area contributed by atoms with Crippen molar-refractivity contribution in [3.63, 3.8) is 0 Å². The average molecular weight is 247 g/mol. The van der Waals surface area contributed by atoms with Gasteiger partial charge < -0.3 is 12.4 Å². The normalized spacial score (nSPS) is 8.25. The van der Waals surface area contributed by atoms with Crippen molar-refractivity contribution < 1.29 is 42.0 Å². The molecule has 0 saturated carbocycles. The second-order valence-electron chi connectivity index (χ2n) is 2.47. The van der Waals surface area contributed by atoms with Crippen molar-refractivity contribution in [2.24, 2.45) is 0 Å². The number of benzene rings is 1. The standard InChI is InChI=1S/C6H5N3.C2H3N3.ClH.Na/c1-2-4-6-5(3-1)7-9-8-6;1-2-4-5-3-1;;/h1-4H,(H,7,8,9);1-2H,(H,3,4,5);1H;/q;;;+1/p-1. The molecule has 0 radical (unpaired) electrons. The quantitative estimate of drug-likeness (QED) is 0.389. The van der Waals surface area contributed by atoms with Gasteiger partial charge in [-0.1, -0.05) is 12.1 Å². The molecule has 0 spiro atoms. The minimum atomic E-state index is 0. The summed E-state index contributed by atoms with van der Waals surface area (Å²) in [5.41, 5.74) is 1.83. The fourth-order valence-corrected chi connectivity index (χ4v) is 0.953. The van der Waals surface area contributed by atoms with Crippen LogP contribution in [0.25, 0.3) is 11.0 Å². The maximum absolute atomic E-state index is 3.88. The predicted octanol–water partition coefficient (Wildman–Crippen LogP) is -5.23. The Labute approximate surface area is 120 Å². The van der Waals surface area contributed by atoms with Gasteiger partial charge in [-0.3, -0.25) is 0 Å². The van der Waals surface area contributed by atoms with Crippen molar-refractivity contribution in [2.45, 2.75) is 0 Å². The first-order valence-electron chi connectivity index (χ1n) is 4.02. The van der Waals surface area contributed by atoms with E-state index in [1.54, 1.807) is 12.4 Å². The SMILES string of the molecule is [Cl-].[Na+].c1ccc2n[nH]nc2c1.c1cn[nH]n1. The van der Waals surface area contributed by atoms with Crippen molar-refractivity contribution in [2.75, 3.05) is 0 Å². The number of para-hydroxylation sites is 2. The van der Waals surface area contributed by atoms with E-state index < -0.39 is 0 Å². The largest absolute Gasteiger partial charge is 1.00 e. The van der Waals surface area contributed by atoms with Gasteiger partial charge in [-0.15, -0.1) is 0 Å². The van der Waals surface area contributed by atoms with E-state index in [1.807, 2.05) is 24.3 Å². The van der Waals surface area contributed by atoms with Crippen molar-refractivity contribution in [3.05, 3.63) is 36.7 Å². The molecule has 0 saturated heterocycles.